The van der Waals surface area contributed by atoms with E-state index in [0.29, 0.717) is 0 Å². The predicted octanol–water partition coefficient (Wildman–Crippen LogP) is 2.25. The molecule has 2 aromatic rings. The molecule has 14 heavy (non-hydrogen) atoms. The van der Waals surface area contributed by atoms with Crippen LogP contribution in [0.15, 0.2) is 24.7 Å². The lowest BCUT2D eigenvalue weighted by Gasteiger charge is -2.01. The topological polar surface area (TPSA) is 29.3 Å². The van der Waals surface area contributed by atoms with Gasteiger partial charge in [-0.25, -0.2) is 4.98 Å². The molecule has 1 aliphatic rings. The van der Waals surface area contributed by atoms with Crippen molar-refractivity contribution in [2.45, 2.75) is 18.8 Å². The zero-order valence-corrected chi connectivity index (χ0v) is 8.20. The number of nitrogens with zero attached hydrogens (tertiary/aromatic N) is 2. The van der Waals surface area contributed by atoms with Gasteiger partial charge in [0.2, 0.25) is 0 Å². The lowest BCUT2D eigenvalue weighted by Crippen LogP contribution is -1.90. The van der Waals surface area contributed by atoms with Gasteiger partial charge in [0.25, 0.3) is 0 Å². The van der Waals surface area contributed by atoms with Crippen LogP contribution < -0.4 is 5.32 Å². The summed E-state index contributed by atoms with van der Waals surface area (Å²) in [5.74, 6) is 1.77. The third-order valence-electron chi connectivity index (χ3n) is 2.85. The van der Waals surface area contributed by atoms with Gasteiger partial charge >= 0.3 is 0 Å². The molecule has 0 radical (unpaired) electrons. The van der Waals surface area contributed by atoms with Gasteiger partial charge in [0, 0.05) is 13.2 Å². The van der Waals surface area contributed by atoms with Crippen molar-refractivity contribution in [1.82, 2.24) is 9.38 Å². The maximum Gasteiger partial charge on any atom is 0.151 e. The molecule has 1 saturated carbocycles. The van der Waals surface area contributed by atoms with Gasteiger partial charge in [-0.05, 0) is 36.5 Å². The molecule has 0 bridgehead atoms. The molecule has 0 atom stereocenters. The first kappa shape index (κ1) is 7.85. The van der Waals surface area contributed by atoms with Gasteiger partial charge in [0.15, 0.2) is 5.82 Å². The van der Waals surface area contributed by atoms with Gasteiger partial charge in [-0.3, -0.25) is 0 Å². The van der Waals surface area contributed by atoms with Crippen LogP contribution in [-0.2, 0) is 0 Å². The van der Waals surface area contributed by atoms with Gasteiger partial charge in [-0.15, -0.1) is 0 Å². The Morgan fingerprint density at radius 1 is 1.50 bits per heavy atom. The van der Waals surface area contributed by atoms with Gasteiger partial charge < -0.3 is 9.72 Å². The van der Waals surface area contributed by atoms with E-state index in [1.54, 1.807) is 0 Å². The van der Waals surface area contributed by atoms with E-state index in [9.17, 15) is 0 Å². The zero-order valence-electron chi connectivity index (χ0n) is 8.20. The first-order valence-electron chi connectivity index (χ1n) is 5.03. The minimum Gasteiger partial charge on any atom is -0.371 e. The summed E-state index contributed by atoms with van der Waals surface area (Å²) in [4.78, 5) is 4.29. The van der Waals surface area contributed by atoms with E-state index in [2.05, 4.69) is 33.0 Å². The fourth-order valence-corrected chi connectivity index (χ4v) is 1.87. The number of nitrogens with one attached hydrogen (secondary N) is 1. The highest BCUT2D eigenvalue weighted by atomic mass is 15.1. The molecule has 0 amide bonds. The molecule has 2 heterocycles. The van der Waals surface area contributed by atoms with Crippen LogP contribution in [0.1, 0.15) is 24.3 Å². The Labute approximate surface area is 82.8 Å². The molecule has 0 unspecified atom stereocenters. The quantitative estimate of drug-likeness (QED) is 0.781. The summed E-state index contributed by atoms with van der Waals surface area (Å²) >= 11 is 0. The lowest BCUT2D eigenvalue weighted by atomic mass is 10.1. The summed E-state index contributed by atoms with van der Waals surface area (Å²) in [6.45, 7) is 0. The van der Waals surface area contributed by atoms with Crippen molar-refractivity contribution in [2.24, 2.45) is 0 Å². The highest BCUT2D eigenvalue weighted by molar-refractivity contribution is 5.69. The Balaban J connectivity index is 2.18. The van der Waals surface area contributed by atoms with Gasteiger partial charge in [0.1, 0.15) is 6.33 Å². The third-order valence-corrected chi connectivity index (χ3v) is 2.85. The van der Waals surface area contributed by atoms with Crippen molar-refractivity contribution in [3.05, 3.63) is 30.2 Å². The van der Waals surface area contributed by atoms with Crippen LogP contribution in [0.2, 0.25) is 0 Å². The minimum atomic E-state index is 0.805. The highest BCUT2D eigenvalue weighted by Crippen LogP contribution is 2.40. The smallest absolute Gasteiger partial charge is 0.151 e. The van der Waals surface area contributed by atoms with E-state index in [1.807, 2.05) is 13.4 Å². The Kier molecular flexibility index (Phi) is 1.54. The van der Waals surface area contributed by atoms with Crippen LogP contribution in [-0.4, -0.2) is 16.4 Å². The first-order valence-corrected chi connectivity index (χ1v) is 5.03. The van der Waals surface area contributed by atoms with Crippen molar-refractivity contribution in [3.8, 4) is 0 Å². The third kappa shape index (κ3) is 1.09. The molecule has 1 N–H and O–H groups in total. The maximum absolute atomic E-state index is 4.29. The van der Waals surface area contributed by atoms with E-state index in [1.165, 1.54) is 23.9 Å². The fourth-order valence-electron chi connectivity index (χ4n) is 1.87. The highest BCUT2D eigenvalue weighted by Gasteiger charge is 2.23. The monoisotopic (exact) mass is 187 g/mol. The number of imidazole rings is 1. The van der Waals surface area contributed by atoms with E-state index >= 15 is 0 Å². The first-order chi connectivity index (χ1) is 6.88. The molecular weight excluding hydrogens is 174 g/mol. The second-order valence-electron chi connectivity index (χ2n) is 3.87. The largest absolute Gasteiger partial charge is 0.371 e. The van der Waals surface area contributed by atoms with Gasteiger partial charge in [-0.1, -0.05) is 0 Å². The van der Waals surface area contributed by atoms with E-state index in [-0.39, 0.29) is 0 Å². The molecule has 0 spiro atoms. The Morgan fingerprint density at radius 2 is 2.36 bits per heavy atom. The van der Waals surface area contributed by atoms with Crippen LogP contribution in [0.4, 0.5) is 5.82 Å². The number of aromatic nitrogens is 2. The Morgan fingerprint density at radius 3 is 3.07 bits per heavy atom. The number of hydrogen-bond donors (Lipinski definition) is 1. The molecule has 1 fully saturated rings. The molecule has 0 aromatic carbocycles. The Hall–Kier alpha value is -1.51. The normalized spacial score (nSPS) is 16.1. The van der Waals surface area contributed by atoms with Crippen molar-refractivity contribution in [2.75, 3.05) is 12.4 Å². The second-order valence-corrected chi connectivity index (χ2v) is 3.87. The number of rotatable bonds is 2. The molecule has 3 heteroatoms. The summed E-state index contributed by atoms with van der Waals surface area (Å²) < 4.78 is 2.05. The molecule has 3 rings (SSSR count). The average molecular weight is 187 g/mol. The number of fused-ring (bicyclic) bond motifs is 1. The van der Waals surface area contributed by atoms with Crippen LogP contribution in [0.3, 0.4) is 0 Å². The SMILES string of the molecule is CNc1ncn2ccc(C3CC3)cc12. The second kappa shape index (κ2) is 2.74. The standard InChI is InChI=1S/C11H13N3/c1-12-11-10-6-9(8-2-3-8)4-5-14(10)7-13-11/h4-8,12H,2-3H2,1H3. The summed E-state index contributed by atoms with van der Waals surface area (Å²) in [6.07, 6.45) is 6.63. The lowest BCUT2D eigenvalue weighted by molar-refractivity contribution is 1.09. The van der Waals surface area contributed by atoms with E-state index in [0.717, 1.165) is 11.7 Å². The number of anilines is 1. The van der Waals surface area contributed by atoms with E-state index in [4.69, 9.17) is 0 Å². The summed E-state index contributed by atoms with van der Waals surface area (Å²) in [5, 5.41) is 3.10. The molecule has 1 aliphatic carbocycles. The molecule has 0 saturated heterocycles. The number of pyridine rings is 1. The van der Waals surface area contributed by atoms with Gasteiger partial charge in [-0.2, -0.15) is 0 Å². The minimum absolute atomic E-state index is 0.805. The van der Waals surface area contributed by atoms with Crippen molar-refractivity contribution in [1.29, 1.82) is 0 Å². The van der Waals surface area contributed by atoms with Crippen molar-refractivity contribution < 1.29 is 0 Å². The van der Waals surface area contributed by atoms with Gasteiger partial charge in [0.05, 0.1) is 5.52 Å². The average Bonchev–Trinajstić information content (AvgIpc) is 2.98. The summed E-state index contributed by atoms with van der Waals surface area (Å²) in [6, 6.07) is 4.45. The van der Waals surface area contributed by atoms with Crippen LogP contribution in [0, 0.1) is 0 Å². The van der Waals surface area contributed by atoms with Crippen molar-refractivity contribution in [3.63, 3.8) is 0 Å². The maximum atomic E-state index is 4.29. The molecule has 0 aliphatic heterocycles. The summed E-state index contributed by atoms with van der Waals surface area (Å²) in [7, 11) is 1.91. The molecule has 3 nitrogen and oxygen atoms in total. The molecular formula is C11H13N3. The van der Waals surface area contributed by atoms with E-state index < -0.39 is 0 Å². The molecule has 2 aromatic heterocycles. The molecule has 72 valence electrons. The number of hydrogen-bond acceptors (Lipinski definition) is 2. The Bertz CT molecular complexity index is 468. The summed E-state index contributed by atoms with van der Waals surface area (Å²) in [5.41, 5.74) is 2.63. The van der Waals surface area contributed by atoms with Crippen LogP contribution >= 0.6 is 0 Å². The van der Waals surface area contributed by atoms with Crippen LogP contribution in [0.25, 0.3) is 5.52 Å². The predicted molar refractivity (Wildman–Crippen MR) is 56.7 cm³/mol. The van der Waals surface area contributed by atoms with Crippen molar-refractivity contribution >= 4 is 11.3 Å². The zero-order chi connectivity index (χ0) is 9.54. The fraction of sp³-hybridized carbons (Fsp3) is 0.364. The van der Waals surface area contributed by atoms with Crippen LogP contribution in [0.5, 0.6) is 0 Å².